The molecule has 164 valence electrons. The second-order valence-corrected chi connectivity index (χ2v) is 8.13. The minimum atomic E-state index is -0.306. The first-order chi connectivity index (χ1) is 14.8. The normalized spacial score (nSPS) is 18.2. The molecule has 1 aromatic carbocycles. The second kappa shape index (κ2) is 8.58. The van der Waals surface area contributed by atoms with E-state index in [-0.39, 0.29) is 23.7 Å². The predicted octanol–water partition coefficient (Wildman–Crippen LogP) is 3.43. The summed E-state index contributed by atoms with van der Waals surface area (Å²) in [4.78, 5) is 19.6. The molecule has 1 amide bonds. The van der Waals surface area contributed by atoms with Crippen molar-refractivity contribution in [3.63, 3.8) is 0 Å². The molecular formula is C22H27FN6O2. The Morgan fingerprint density at radius 3 is 2.71 bits per heavy atom. The highest BCUT2D eigenvalue weighted by atomic mass is 19.1. The minimum Gasteiger partial charge on any atom is -0.339 e. The lowest BCUT2D eigenvalue weighted by molar-refractivity contribution is -0.121. The van der Waals surface area contributed by atoms with Gasteiger partial charge in [0.05, 0.1) is 29.0 Å². The zero-order valence-electron chi connectivity index (χ0n) is 18.2. The molecule has 1 aliphatic rings. The highest BCUT2D eigenvalue weighted by molar-refractivity contribution is 5.95. The van der Waals surface area contributed by atoms with Gasteiger partial charge < -0.3 is 9.84 Å². The van der Waals surface area contributed by atoms with E-state index in [4.69, 9.17) is 4.52 Å². The fraction of sp³-hybridized carbons (Fsp3) is 0.455. The Bertz CT molecular complexity index is 1070. The van der Waals surface area contributed by atoms with Crippen molar-refractivity contribution in [1.82, 2.24) is 24.8 Å². The van der Waals surface area contributed by atoms with Gasteiger partial charge in [-0.1, -0.05) is 5.16 Å². The van der Waals surface area contributed by atoms with Gasteiger partial charge in [-0.05, 0) is 64.4 Å². The summed E-state index contributed by atoms with van der Waals surface area (Å²) in [5.41, 5.74) is 3.21. The Balaban J connectivity index is 1.43. The number of halogens is 1. The summed E-state index contributed by atoms with van der Waals surface area (Å²) in [6.07, 6.45) is 1.85. The maximum atomic E-state index is 13.2. The van der Waals surface area contributed by atoms with Crippen LogP contribution in [0, 0.1) is 19.7 Å². The van der Waals surface area contributed by atoms with Gasteiger partial charge >= 0.3 is 0 Å². The van der Waals surface area contributed by atoms with Gasteiger partial charge in [0.25, 0.3) is 0 Å². The highest BCUT2D eigenvalue weighted by Gasteiger charge is 2.31. The van der Waals surface area contributed by atoms with Crippen molar-refractivity contribution in [3.8, 4) is 11.4 Å². The van der Waals surface area contributed by atoms with E-state index in [9.17, 15) is 9.18 Å². The molecule has 3 heterocycles. The third kappa shape index (κ3) is 4.36. The first-order valence-electron chi connectivity index (χ1n) is 10.5. The van der Waals surface area contributed by atoms with Crippen LogP contribution >= 0.6 is 0 Å². The van der Waals surface area contributed by atoms with Gasteiger partial charge in [-0.3, -0.25) is 14.4 Å². The van der Waals surface area contributed by atoms with Crippen LogP contribution in [-0.2, 0) is 11.8 Å². The third-order valence-electron chi connectivity index (χ3n) is 6.03. The molecule has 2 atom stereocenters. The molecule has 1 saturated heterocycles. The maximum absolute atomic E-state index is 13.2. The van der Waals surface area contributed by atoms with Crippen LogP contribution in [0.15, 0.2) is 28.8 Å². The molecule has 0 spiro atoms. The molecule has 1 aliphatic heterocycles. The van der Waals surface area contributed by atoms with E-state index < -0.39 is 0 Å². The maximum Gasteiger partial charge on any atom is 0.241 e. The number of anilines is 1. The number of piperidine rings is 1. The Hall–Kier alpha value is -3.07. The number of amides is 1. The molecule has 0 aliphatic carbocycles. The average Bonchev–Trinajstić information content (AvgIpc) is 3.35. The summed E-state index contributed by atoms with van der Waals surface area (Å²) in [7, 11) is 1.86. The van der Waals surface area contributed by atoms with Crippen molar-refractivity contribution in [3.05, 3.63) is 47.4 Å². The average molecular weight is 426 g/mol. The van der Waals surface area contributed by atoms with E-state index in [2.05, 4.69) is 25.5 Å². The van der Waals surface area contributed by atoms with E-state index in [1.807, 2.05) is 27.8 Å². The van der Waals surface area contributed by atoms with Crippen LogP contribution in [0.5, 0.6) is 0 Å². The molecule has 9 heteroatoms. The van der Waals surface area contributed by atoms with Crippen molar-refractivity contribution < 1.29 is 13.7 Å². The van der Waals surface area contributed by atoms with Gasteiger partial charge in [0.2, 0.25) is 17.6 Å². The lowest BCUT2D eigenvalue weighted by Crippen LogP contribution is -2.46. The van der Waals surface area contributed by atoms with Crippen molar-refractivity contribution in [2.24, 2.45) is 7.05 Å². The Morgan fingerprint density at radius 2 is 2.03 bits per heavy atom. The Morgan fingerprint density at radius 1 is 1.29 bits per heavy atom. The minimum absolute atomic E-state index is 0.0487. The number of aryl methyl sites for hydroxylation is 2. The zero-order valence-corrected chi connectivity index (χ0v) is 18.2. The van der Waals surface area contributed by atoms with E-state index in [0.717, 1.165) is 36.5 Å². The van der Waals surface area contributed by atoms with Crippen LogP contribution in [-0.4, -0.2) is 49.9 Å². The second-order valence-electron chi connectivity index (χ2n) is 8.13. The number of rotatable bonds is 5. The predicted molar refractivity (Wildman–Crippen MR) is 114 cm³/mol. The zero-order chi connectivity index (χ0) is 22.1. The molecule has 31 heavy (non-hydrogen) atoms. The standard InChI is InChI=1S/C22H27FN6O2/c1-13-19(14(2)28(4)26-13)24-21(30)15(3)29-11-5-6-17(12-29)22-25-20(27-31-22)16-7-9-18(23)10-8-16/h7-10,15,17H,5-6,11-12H2,1-4H3,(H,24,30). The number of carbonyl (C=O) groups is 1. The van der Waals surface area contributed by atoms with Gasteiger partial charge in [0, 0.05) is 19.2 Å². The van der Waals surface area contributed by atoms with Gasteiger partial charge in [-0.15, -0.1) is 0 Å². The molecular weight excluding hydrogens is 399 g/mol. The molecule has 0 bridgehead atoms. The molecule has 2 unspecified atom stereocenters. The largest absolute Gasteiger partial charge is 0.339 e. The number of carbonyl (C=O) groups excluding carboxylic acids is 1. The third-order valence-corrected chi connectivity index (χ3v) is 6.03. The monoisotopic (exact) mass is 426 g/mol. The molecule has 4 rings (SSSR count). The SMILES string of the molecule is Cc1nn(C)c(C)c1NC(=O)C(C)N1CCCC(c2nc(-c3ccc(F)cc3)no2)C1. The molecule has 3 aromatic rings. The van der Waals surface area contributed by atoms with Crippen LogP contribution in [0.1, 0.15) is 43.0 Å². The van der Waals surface area contributed by atoms with E-state index in [1.165, 1.54) is 12.1 Å². The fourth-order valence-electron chi connectivity index (χ4n) is 4.02. The lowest BCUT2D eigenvalue weighted by atomic mass is 9.96. The number of hydrogen-bond donors (Lipinski definition) is 1. The number of nitrogens with zero attached hydrogens (tertiary/aromatic N) is 5. The van der Waals surface area contributed by atoms with Crippen molar-refractivity contribution in [2.75, 3.05) is 18.4 Å². The molecule has 1 N–H and O–H groups in total. The summed E-state index contributed by atoms with van der Waals surface area (Å²) in [5.74, 6) is 0.681. The topological polar surface area (TPSA) is 89.1 Å². The smallest absolute Gasteiger partial charge is 0.241 e. The fourth-order valence-corrected chi connectivity index (χ4v) is 4.02. The van der Waals surface area contributed by atoms with Crippen LogP contribution in [0.25, 0.3) is 11.4 Å². The number of aromatic nitrogens is 4. The van der Waals surface area contributed by atoms with Crippen molar-refractivity contribution in [2.45, 2.75) is 45.6 Å². The van der Waals surface area contributed by atoms with Gasteiger partial charge in [0.15, 0.2) is 0 Å². The van der Waals surface area contributed by atoms with Gasteiger partial charge in [-0.25, -0.2) is 4.39 Å². The Kier molecular flexibility index (Phi) is 5.86. The molecule has 2 aromatic heterocycles. The van der Waals surface area contributed by atoms with Gasteiger partial charge in [-0.2, -0.15) is 10.1 Å². The first kappa shape index (κ1) is 21.2. The van der Waals surface area contributed by atoms with E-state index in [1.54, 1.807) is 16.8 Å². The van der Waals surface area contributed by atoms with Crippen molar-refractivity contribution >= 4 is 11.6 Å². The summed E-state index contributed by atoms with van der Waals surface area (Å²) >= 11 is 0. The number of benzene rings is 1. The van der Waals surface area contributed by atoms with Crippen LogP contribution in [0.2, 0.25) is 0 Å². The summed E-state index contributed by atoms with van der Waals surface area (Å²) < 4.78 is 20.4. The first-order valence-corrected chi connectivity index (χ1v) is 10.5. The van der Waals surface area contributed by atoms with Gasteiger partial charge in [0.1, 0.15) is 5.82 Å². The quantitative estimate of drug-likeness (QED) is 0.672. The number of hydrogen-bond acceptors (Lipinski definition) is 6. The van der Waals surface area contributed by atoms with Crippen LogP contribution < -0.4 is 5.32 Å². The molecule has 0 radical (unpaired) electrons. The summed E-state index contributed by atoms with van der Waals surface area (Å²) in [5, 5.41) is 11.5. The number of likely N-dealkylation sites (tertiary alicyclic amines) is 1. The molecule has 8 nitrogen and oxygen atoms in total. The molecule has 1 fully saturated rings. The summed E-state index contributed by atoms with van der Waals surface area (Å²) in [6, 6.07) is 5.71. The highest BCUT2D eigenvalue weighted by Crippen LogP contribution is 2.29. The van der Waals surface area contributed by atoms with Crippen LogP contribution in [0.3, 0.4) is 0 Å². The van der Waals surface area contributed by atoms with Crippen molar-refractivity contribution in [1.29, 1.82) is 0 Å². The van der Waals surface area contributed by atoms with E-state index >= 15 is 0 Å². The Labute approximate surface area is 180 Å². The van der Waals surface area contributed by atoms with Crippen LogP contribution in [0.4, 0.5) is 10.1 Å². The summed E-state index contributed by atoms with van der Waals surface area (Å²) in [6.45, 7) is 7.22. The molecule has 0 saturated carbocycles. The lowest BCUT2D eigenvalue weighted by Gasteiger charge is -2.34. The number of nitrogens with one attached hydrogen (secondary N) is 1. The van der Waals surface area contributed by atoms with E-state index in [0.29, 0.717) is 23.8 Å².